The molecule has 0 spiro atoms. The molecule has 0 radical (unpaired) electrons. The molecule has 1 N–H and O–H groups in total. The predicted octanol–water partition coefficient (Wildman–Crippen LogP) is 4.47. The van der Waals surface area contributed by atoms with E-state index in [-0.39, 0.29) is 46.5 Å². The highest BCUT2D eigenvalue weighted by molar-refractivity contribution is 7.92. The summed E-state index contributed by atoms with van der Waals surface area (Å²) in [6.45, 7) is 3.82. The summed E-state index contributed by atoms with van der Waals surface area (Å²) in [5.74, 6) is -0.416. The number of carbonyl (C=O) groups excluding carboxylic acids is 1. The fourth-order valence-corrected chi connectivity index (χ4v) is 4.93. The molecule has 0 aliphatic carbocycles. The number of nitro benzene ring substituents is 1. The third-order valence-corrected chi connectivity index (χ3v) is 6.96. The van der Waals surface area contributed by atoms with E-state index in [0.29, 0.717) is 5.69 Å². The quantitative estimate of drug-likeness (QED) is 0.322. The molecule has 0 atom stereocenters. The van der Waals surface area contributed by atoms with Gasteiger partial charge in [0.15, 0.2) is 5.75 Å². The molecule has 0 bridgehead atoms. The molecular formula is C24H25N3O7S. The van der Waals surface area contributed by atoms with E-state index >= 15 is 0 Å². The molecule has 0 unspecified atom stereocenters. The number of nitrogens with one attached hydrogen (secondary N) is 1. The topological polar surface area (TPSA) is 128 Å². The van der Waals surface area contributed by atoms with Gasteiger partial charge in [-0.05, 0) is 56.3 Å². The Kier molecular flexibility index (Phi) is 7.92. The molecule has 1 amide bonds. The maximum atomic E-state index is 13.4. The van der Waals surface area contributed by atoms with Gasteiger partial charge in [-0.1, -0.05) is 18.2 Å². The number of benzene rings is 3. The van der Waals surface area contributed by atoms with Gasteiger partial charge in [-0.25, -0.2) is 8.42 Å². The van der Waals surface area contributed by atoms with Crippen molar-refractivity contribution in [3.8, 4) is 11.5 Å². The van der Waals surface area contributed by atoms with Crippen LogP contribution >= 0.6 is 0 Å². The van der Waals surface area contributed by atoms with Crippen LogP contribution in [0.1, 0.15) is 24.2 Å². The van der Waals surface area contributed by atoms with Gasteiger partial charge in [-0.2, -0.15) is 0 Å². The first-order valence-corrected chi connectivity index (χ1v) is 12.1. The standard InChI is InChI=1S/C24H25N3O7S/c1-4-26(18-9-7-6-8-10-18)35(31,32)19-12-14-22(33-3)20(16-19)25-24(28)17-11-13-23(34-5-2)21(15-17)27(29)30/h6-16H,4-5H2,1-3H3,(H,25,28). The van der Waals surface area contributed by atoms with Crippen molar-refractivity contribution in [3.05, 3.63) is 82.4 Å². The fraction of sp³-hybridized carbons (Fsp3) is 0.208. The Morgan fingerprint density at radius 1 is 1.03 bits per heavy atom. The largest absolute Gasteiger partial charge is 0.495 e. The Morgan fingerprint density at radius 2 is 1.71 bits per heavy atom. The lowest BCUT2D eigenvalue weighted by atomic mass is 10.1. The van der Waals surface area contributed by atoms with Crippen LogP contribution in [-0.4, -0.2) is 39.5 Å². The molecule has 0 saturated carbocycles. The number of anilines is 2. The van der Waals surface area contributed by atoms with Crippen molar-refractivity contribution >= 4 is 33.0 Å². The SMILES string of the molecule is CCOc1ccc(C(=O)Nc2cc(S(=O)(=O)N(CC)c3ccccc3)ccc2OC)cc1[N+](=O)[O-]. The Balaban J connectivity index is 1.97. The lowest BCUT2D eigenvalue weighted by Gasteiger charge is -2.23. The second kappa shape index (κ2) is 10.9. The first-order valence-electron chi connectivity index (χ1n) is 10.7. The number of ether oxygens (including phenoxy) is 2. The van der Waals surface area contributed by atoms with E-state index in [1.807, 2.05) is 0 Å². The zero-order valence-electron chi connectivity index (χ0n) is 19.4. The van der Waals surface area contributed by atoms with E-state index in [0.717, 1.165) is 6.07 Å². The highest BCUT2D eigenvalue weighted by Crippen LogP contribution is 2.32. The van der Waals surface area contributed by atoms with Crippen LogP contribution in [0.5, 0.6) is 11.5 Å². The number of sulfonamides is 1. The summed E-state index contributed by atoms with van der Waals surface area (Å²) >= 11 is 0. The van der Waals surface area contributed by atoms with E-state index in [1.165, 1.54) is 41.7 Å². The van der Waals surface area contributed by atoms with E-state index in [4.69, 9.17) is 9.47 Å². The monoisotopic (exact) mass is 499 g/mol. The van der Waals surface area contributed by atoms with E-state index in [9.17, 15) is 23.3 Å². The van der Waals surface area contributed by atoms with Crippen molar-refractivity contribution in [2.24, 2.45) is 0 Å². The minimum atomic E-state index is -3.96. The lowest BCUT2D eigenvalue weighted by molar-refractivity contribution is -0.385. The molecule has 184 valence electrons. The van der Waals surface area contributed by atoms with Crippen LogP contribution in [0.2, 0.25) is 0 Å². The lowest BCUT2D eigenvalue weighted by Crippen LogP contribution is -2.30. The van der Waals surface area contributed by atoms with Crippen molar-refractivity contribution in [1.29, 1.82) is 0 Å². The number of amides is 1. The number of rotatable bonds is 10. The summed E-state index contributed by atoms with van der Waals surface area (Å²) in [4.78, 5) is 23.6. The summed E-state index contributed by atoms with van der Waals surface area (Å²) in [5, 5.41) is 14.0. The summed E-state index contributed by atoms with van der Waals surface area (Å²) in [5.41, 5.74) is 0.233. The molecule has 35 heavy (non-hydrogen) atoms. The van der Waals surface area contributed by atoms with Crippen LogP contribution in [0.15, 0.2) is 71.6 Å². The van der Waals surface area contributed by atoms with Crippen LogP contribution in [-0.2, 0) is 10.0 Å². The van der Waals surface area contributed by atoms with Crippen LogP contribution < -0.4 is 19.1 Å². The van der Waals surface area contributed by atoms with Gasteiger partial charge < -0.3 is 14.8 Å². The molecule has 11 heteroatoms. The summed E-state index contributed by atoms with van der Waals surface area (Å²) < 4.78 is 38.5. The molecule has 3 rings (SSSR count). The average molecular weight is 500 g/mol. The summed E-state index contributed by atoms with van der Waals surface area (Å²) in [6, 6.07) is 16.6. The third kappa shape index (κ3) is 5.52. The molecule has 0 aromatic heterocycles. The minimum absolute atomic E-state index is 0.00469. The summed E-state index contributed by atoms with van der Waals surface area (Å²) in [6.07, 6.45) is 0. The van der Waals surface area contributed by atoms with Gasteiger partial charge in [-0.3, -0.25) is 19.2 Å². The van der Waals surface area contributed by atoms with Gasteiger partial charge in [0.2, 0.25) is 0 Å². The Bertz CT molecular complexity index is 1330. The highest BCUT2D eigenvalue weighted by atomic mass is 32.2. The van der Waals surface area contributed by atoms with Crippen molar-refractivity contribution in [2.75, 3.05) is 29.9 Å². The van der Waals surface area contributed by atoms with Gasteiger partial charge in [0, 0.05) is 18.2 Å². The van der Waals surface area contributed by atoms with E-state index in [1.54, 1.807) is 44.2 Å². The van der Waals surface area contributed by atoms with Crippen LogP contribution in [0.25, 0.3) is 0 Å². The van der Waals surface area contributed by atoms with Crippen molar-refractivity contribution in [1.82, 2.24) is 0 Å². The third-order valence-electron chi connectivity index (χ3n) is 5.06. The molecule has 10 nitrogen and oxygen atoms in total. The molecule has 0 aliphatic heterocycles. The van der Waals surface area contributed by atoms with Gasteiger partial charge >= 0.3 is 5.69 Å². The first kappa shape index (κ1) is 25.5. The van der Waals surface area contributed by atoms with Crippen molar-refractivity contribution in [3.63, 3.8) is 0 Å². The number of para-hydroxylation sites is 1. The Labute approximate surface area is 203 Å². The molecule has 3 aromatic rings. The first-order chi connectivity index (χ1) is 16.7. The molecular weight excluding hydrogens is 474 g/mol. The Morgan fingerprint density at radius 3 is 2.31 bits per heavy atom. The normalized spacial score (nSPS) is 10.9. The number of carbonyl (C=O) groups is 1. The maximum Gasteiger partial charge on any atom is 0.311 e. The Hall–Kier alpha value is -4.12. The number of nitro groups is 1. The fourth-order valence-electron chi connectivity index (χ4n) is 3.43. The second-order valence-electron chi connectivity index (χ2n) is 7.19. The average Bonchev–Trinajstić information content (AvgIpc) is 2.85. The summed E-state index contributed by atoms with van der Waals surface area (Å²) in [7, 11) is -2.58. The van der Waals surface area contributed by atoms with Gasteiger partial charge in [-0.15, -0.1) is 0 Å². The maximum absolute atomic E-state index is 13.4. The second-order valence-corrected chi connectivity index (χ2v) is 9.06. The molecule has 0 heterocycles. The minimum Gasteiger partial charge on any atom is -0.495 e. The number of nitrogens with zero attached hydrogens (tertiary/aromatic N) is 2. The van der Waals surface area contributed by atoms with Crippen molar-refractivity contribution < 1.29 is 27.6 Å². The van der Waals surface area contributed by atoms with Gasteiger partial charge in [0.05, 0.1) is 34.9 Å². The smallest absolute Gasteiger partial charge is 0.311 e. The van der Waals surface area contributed by atoms with Gasteiger partial charge in [0.1, 0.15) is 5.75 Å². The molecule has 3 aromatic carbocycles. The van der Waals surface area contributed by atoms with Crippen LogP contribution in [0, 0.1) is 10.1 Å². The van der Waals surface area contributed by atoms with Crippen LogP contribution in [0.3, 0.4) is 0 Å². The number of hydrogen-bond donors (Lipinski definition) is 1. The number of hydrogen-bond acceptors (Lipinski definition) is 7. The van der Waals surface area contributed by atoms with E-state index in [2.05, 4.69) is 5.32 Å². The predicted molar refractivity (Wildman–Crippen MR) is 132 cm³/mol. The zero-order valence-corrected chi connectivity index (χ0v) is 20.2. The molecule has 0 fully saturated rings. The van der Waals surface area contributed by atoms with Crippen LogP contribution in [0.4, 0.5) is 17.1 Å². The number of methoxy groups -OCH3 is 1. The van der Waals surface area contributed by atoms with Crippen molar-refractivity contribution in [2.45, 2.75) is 18.7 Å². The van der Waals surface area contributed by atoms with Gasteiger partial charge in [0.25, 0.3) is 15.9 Å². The van der Waals surface area contributed by atoms with E-state index < -0.39 is 20.9 Å². The molecule has 0 aliphatic rings. The highest BCUT2D eigenvalue weighted by Gasteiger charge is 2.25. The zero-order chi connectivity index (χ0) is 25.6. The molecule has 0 saturated heterocycles.